The number of amides is 1. The van der Waals surface area contributed by atoms with Crippen LogP contribution in [0.3, 0.4) is 0 Å². The Morgan fingerprint density at radius 2 is 1.88 bits per heavy atom. The fourth-order valence-electron chi connectivity index (χ4n) is 2.82. The Morgan fingerprint density at radius 3 is 2.54 bits per heavy atom. The minimum absolute atomic E-state index is 0.0243. The quantitative estimate of drug-likeness (QED) is 0.863. The summed E-state index contributed by atoms with van der Waals surface area (Å²) < 4.78 is 66.6. The van der Waals surface area contributed by atoms with Gasteiger partial charge in [-0.15, -0.1) is 4.40 Å². The van der Waals surface area contributed by atoms with Crippen LogP contribution in [0.25, 0.3) is 0 Å². The molecule has 0 fully saturated rings. The van der Waals surface area contributed by atoms with E-state index in [-0.39, 0.29) is 33.2 Å². The average Bonchev–Trinajstić information content (AvgIpc) is 2.95. The number of hydrogen-bond donors (Lipinski definition) is 1. The first-order valence-corrected chi connectivity index (χ1v) is 8.93. The van der Waals surface area contributed by atoms with E-state index in [1.807, 2.05) is 0 Å². The van der Waals surface area contributed by atoms with E-state index in [9.17, 15) is 26.4 Å². The van der Waals surface area contributed by atoms with Crippen molar-refractivity contribution in [3.05, 3.63) is 52.8 Å². The number of aromatic nitrogens is 1. The van der Waals surface area contributed by atoms with Crippen molar-refractivity contribution in [3.8, 4) is 0 Å². The average molecular weight is 385 g/mol. The number of carbonyl (C=O) groups is 1. The van der Waals surface area contributed by atoms with Gasteiger partial charge in [-0.3, -0.25) is 4.79 Å². The molecule has 1 aliphatic heterocycles. The van der Waals surface area contributed by atoms with E-state index in [1.54, 1.807) is 6.07 Å². The molecule has 1 aromatic heterocycles. The molecule has 2 aromatic rings. The van der Waals surface area contributed by atoms with Crippen LogP contribution < -0.4 is 5.32 Å². The molecule has 1 aliphatic rings. The highest BCUT2D eigenvalue weighted by atomic mass is 32.2. The maximum Gasteiger partial charge on any atom is 0.406 e. The predicted molar refractivity (Wildman–Crippen MR) is 87.6 cm³/mol. The number of nitrogens with one attached hydrogen (secondary N) is 1. The van der Waals surface area contributed by atoms with Gasteiger partial charge >= 0.3 is 6.18 Å². The molecule has 0 saturated heterocycles. The van der Waals surface area contributed by atoms with E-state index in [2.05, 4.69) is 9.71 Å². The number of sulfonamides is 1. The predicted octanol–water partition coefficient (Wildman–Crippen LogP) is 2.55. The van der Waals surface area contributed by atoms with Crippen molar-refractivity contribution >= 4 is 21.8 Å². The Balaban J connectivity index is 1.92. The van der Waals surface area contributed by atoms with Gasteiger partial charge in [0.2, 0.25) is 0 Å². The van der Waals surface area contributed by atoms with Gasteiger partial charge in [-0.1, -0.05) is 12.1 Å². The highest BCUT2D eigenvalue weighted by Gasteiger charge is 2.32. The zero-order valence-corrected chi connectivity index (χ0v) is 14.6. The lowest BCUT2D eigenvalue weighted by Gasteiger charge is -2.12. The lowest BCUT2D eigenvalue weighted by Crippen LogP contribution is -2.30. The number of aryl methyl sites for hydroxylation is 1. The Hall–Kier alpha value is -2.62. The summed E-state index contributed by atoms with van der Waals surface area (Å²) in [6.45, 7) is 1.65. The van der Waals surface area contributed by atoms with E-state index in [1.165, 1.54) is 38.1 Å². The van der Waals surface area contributed by atoms with Crippen LogP contribution in [0, 0.1) is 13.8 Å². The minimum Gasteiger partial charge on any atom is -0.339 e. The fraction of sp³-hybridized carbons (Fsp3) is 0.250. The fourth-order valence-corrected chi connectivity index (χ4v) is 4.00. The number of rotatable bonds is 2. The number of hydrogen-bond acceptors (Lipinski definition) is 3. The summed E-state index contributed by atoms with van der Waals surface area (Å²) in [4.78, 5) is 12.5. The molecule has 0 saturated carbocycles. The topological polar surface area (TPSA) is 80.5 Å². The second-order valence-corrected chi connectivity index (χ2v) is 7.42. The molecule has 0 aliphatic carbocycles. The molecule has 0 radical (unpaired) electrons. The SMILES string of the molecule is Cc1cc(C(=O)NC2=NS(=O)(=O)c3ccccc32)c(C)n1CC(F)(F)F. The highest BCUT2D eigenvalue weighted by molar-refractivity contribution is 7.90. The van der Waals surface area contributed by atoms with E-state index >= 15 is 0 Å². The summed E-state index contributed by atoms with van der Waals surface area (Å²) in [6.07, 6.45) is -4.43. The smallest absolute Gasteiger partial charge is 0.339 e. The zero-order valence-electron chi connectivity index (χ0n) is 13.8. The standard InChI is InChI=1S/C16H14F3N3O3S/c1-9-7-12(10(2)22(9)8-16(17,18)19)15(23)20-14-11-5-3-4-6-13(11)26(24,25)21-14/h3-7H,8H2,1-2H3,(H,20,21,23). The van der Waals surface area contributed by atoms with E-state index in [4.69, 9.17) is 0 Å². The van der Waals surface area contributed by atoms with Gasteiger partial charge in [0.15, 0.2) is 5.84 Å². The molecule has 2 heterocycles. The van der Waals surface area contributed by atoms with Crippen molar-refractivity contribution in [1.82, 2.24) is 9.88 Å². The zero-order chi connectivity index (χ0) is 19.3. The van der Waals surface area contributed by atoms with Gasteiger partial charge in [-0.25, -0.2) is 0 Å². The summed E-state index contributed by atoms with van der Waals surface area (Å²) in [5.41, 5.74) is 0.666. The lowest BCUT2D eigenvalue weighted by atomic mass is 10.2. The van der Waals surface area contributed by atoms with Gasteiger partial charge in [0.1, 0.15) is 11.4 Å². The number of nitrogens with zero attached hydrogens (tertiary/aromatic N) is 2. The maximum atomic E-state index is 12.7. The molecular weight excluding hydrogens is 371 g/mol. The minimum atomic E-state index is -4.43. The first-order valence-electron chi connectivity index (χ1n) is 7.49. The van der Waals surface area contributed by atoms with Crippen molar-refractivity contribution in [2.45, 2.75) is 31.5 Å². The van der Waals surface area contributed by atoms with Gasteiger partial charge in [-0.05, 0) is 32.0 Å². The maximum absolute atomic E-state index is 12.7. The molecule has 1 N–H and O–H groups in total. The largest absolute Gasteiger partial charge is 0.406 e. The molecule has 1 amide bonds. The number of benzene rings is 1. The highest BCUT2D eigenvalue weighted by Crippen LogP contribution is 2.26. The summed E-state index contributed by atoms with van der Waals surface area (Å²) >= 11 is 0. The second kappa shape index (κ2) is 5.97. The van der Waals surface area contributed by atoms with E-state index in [0.29, 0.717) is 0 Å². The van der Waals surface area contributed by atoms with Crippen molar-refractivity contribution in [1.29, 1.82) is 0 Å². The number of fused-ring (bicyclic) bond motifs is 1. The van der Waals surface area contributed by atoms with E-state index in [0.717, 1.165) is 4.57 Å². The van der Waals surface area contributed by atoms with Crippen LogP contribution >= 0.6 is 0 Å². The summed E-state index contributed by atoms with van der Waals surface area (Å²) in [5.74, 6) is -0.872. The molecule has 0 bridgehead atoms. The van der Waals surface area contributed by atoms with Crippen molar-refractivity contribution in [2.75, 3.05) is 0 Å². The van der Waals surface area contributed by atoms with Crippen LogP contribution in [-0.2, 0) is 16.6 Å². The Kier molecular flexibility index (Phi) is 4.18. The first-order chi connectivity index (χ1) is 12.0. The molecule has 1 aromatic carbocycles. The number of halogens is 3. The number of amidine groups is 1. The molecule has 26 heavy (non-hydrogen) atoms. The third kappa shape index (κ3) is 3.24. The number of carbonyl (C=O) groups excluding carboxylic acids is 1. The molecule has 10 heteroatoms. The molecule has 138 valence electrons. The molecule has 0 spiro atoms. The van der Waals surface area contributed by atoms with Crippen LogP contribution in [0.1, 0.15) is 27.3 Å². The third-order valence-electron chi connectivity index (χ3n) is 4.02. The number of alkyl halides is 3. The summed E-state index contributed by atoms with van der Waals surface area (Å²) in [6, 6.07) is 7.30. The van der Waals surface area contributed by atoms with Gasteiger partial charge in [0.25, 0.3) is 15.9 Å². The van der Waals surface area contributed by atoms with Crippen LogP contribution in [0.2, 0.25) is 0 Å². The Bertz CT molecular complexity index is 1040. The molecular formula is C16H14F3N3O3S. The molecule has 3 rings (SSSR count). The van der Waals surface area contributed by atoms with Crippen LogP contribution in [0.4, 0.5) is 13.2 Å². The molecule has 0 unspecified atom stereocenters. The van der Waals surface area contributed by atoms with Gasteiger partial charge < -0.3 is 9.88 Å². The van der Waals surface area contributed by atoms with Crippen molar-refractivity contribution in [3.63, 3.8) is 0 Å². The van der Waals surface area contributed by atoms with Gasteiger partial charge in [-0.2, -0.15) is 21.6 Å². The monoisotopic (exact) mass is 385 g/mol. The molecule has 6 nitrogen and oxygen atoms in total. The third-order valence-corrected chi connectivity index (χ3v) is 5.35. The van der Waals surface area contributed by atoms with Crippen molar-refractivity contribution in [2.24, 2.45) is 4.40 Å². The van der Waals surface area contributed by atoms with E-state index < -0.39 is 28.7 Å². The van der Waals surface area contributed by atoms with Crippen molar-refractivity contribution < 1.29 is 26.4 Å². The Morgan fingerprint density at radius 1 is 1.23 bits per heavy atom. The lowest BCUT2D eigenvalue weighted by molar-refractivity contribution is -0.141. The second-order valence-electron chi connectivity index (χ2n) is 5.85. The van der Waals surface area contributed by atoms with Crippen LogP contribution in [-0.4, -0.2) is 30.9 Å². The molecule has 0 atom stereocenters. The van der Waals surface area contributed by atoms with Crippen LogP contribution in [0.5, 0.6) is 0 Å². The first kappa shape index (κ1) is 18.2. The summed E-state index contributed by atoms with van der Waals surface area (Å²) in [7, 11) is -3.90. The normalized spacial score (nSPS) is 15.5. The summed E-state index contributed by atoms with van der Waals surface area (Å²) in [5, 5.41) is 2.39. The Labute approximate surface area is 147 Å². The van der Waals surface area contributed by atoms with Gasteiger partial charge in [0, 0.05) is 17.0 Å². The van der Waals surface area contributed by atoms with Crippen LogP contribution in [0.15, 0.2) is 39.6 Å². The van der Waals surface area contributed by atoms with Gasteiger partial charge in [0.05, 0.1) is 5.56 Å².